The van der Waals surface area contributed by atoms with Crippen LogP contribution < -0.4 is 0 Å². The van der Waals surface area contributed by atoms with Crippen molar-refractivity contribution in [2.24, 2.45) is 5.92 Å². The van der Waals surface area contributed by atoms with Gasteiger partial charge in [0, 0.05) is 5.92 Å². The molecule has 12 heavy (non-hydrogen) atoms. The van der Waals surface area contributed by atoms with E-state index in [0.717, 1.165) is 31.3 Å². The van der Waals surface area contributed by atoms with Crippen molar-refractivity contribution in [1.82, 2.24) is 0 Å². The summed E-state index contributed by atoms with van der Waals surface area (Å²) in [5, 5.41) is 18.6. The molecule has 1 rings (SSSR count). The predicted octanol–water partition coefficient (Wildman–Crippen LogP) is 1.48. The molecule has 2 heteroatoms. The fourth-order valence-electron chi connectivity index (χ4n) is 1.88. The maximum absolute atomic E-state index is 9.68. The lowest BCUT2D eigenvalue weighted by molar-refractivity contribution is 0.111. The number of hydrogen-bond donors (Lipinski definition) is 2. The summed E-state index contributed by atoms with van der Waals surface area (Å²) >= 11 is 0. The van der Waals surface area contributed by atoms with E-state index in [-0.39, 0.29) is 18.6 Å². The normalized spacial score (nSPS) is 31.2. The smallest absolute Gasteiger partial charge is 0.0642 e. The third kappa shape index (κ3) is 2.32. The van der Waals surface area contributed by atoms with Gasteiger partial charge in [0.2, 0.25) is 0 Å². The molecule has 0 bridgehead atoms. The van der Waals surface area contributed by atoms with Gasteiger partial charge in [0.1, 0.15) is 0 Å². The van der Waals surface area contributed by atoms with E-state index < -0.39 is 0 Å². The van der Waals surface area contributed by atoms with Gasteiger partial charge in [0.15, 0.2) is 0 Å². The van der Waals surface area contributed by atoms with Crippen LogP contribution in [-0.2, 0) is 0 Å². The molecule has 70 valence electrons. The zero-order chi connectivity index (χ0) is 8.97. The third-order valence-corrected chi connectivity index (χ3v) is 2.71. The molecule has 1 aliphatic rings. The van der Waals surface area contributed by atoms with Crippen LogP contribution in [0.4, 0.5) is 0 Å². The standard InChI is InChI=1S/C10H18O2/c1-8(7-11)9-5-3-2-4-6-10(9)12/h9-12H,1-7H2. The second-order valence-electron chi connectivity index (χ2n) is 3.63. The Hall–Kier alpha value is -0.340. The first-order valence-electron chi connectivity index (χ1n) is 4.72. The summed E-state index contributed by atoms with van der Waals surface area (Å²) in [4.78, 5) is 0. The van der Waals surface area contributed by atoms with E-state index in [1.807, 2.05) is 0 Å². The van der Waals surface area contributed by atoms with Crippen LogP contribution in [0.5, 0.6) is 0 Å². The SMILES string of the molecule is C=C(CO)C1CCCCCC1O. The second-order valence-corrected chi connectivity index (χ2v) is 3.63. The molecule has 1 fully saturated rings. The Morgan fingerprint density at radius 1 is 1.25 bits per heavy atom. The zero-order valence-electron chi connectivity index (χ0n) is 7.50. The average molecular weight is 170 g/mol. The van der Waals surface area contributed by atoms with Gasteiger partial charge in [-0.2, -0.15) is 0 Å². The van der Waals surface area contributed by atoms with E-state index in [1.165, 1.54) is 6.42 Å². The van der Waals surface area contributed by atoms with E-state index in [0.29, 0.717) is 0 Å². The number of hydrogen-bond acceptors (Lipinski definition) is 2. The number of aliphatic hydroxyl groups is 2. The highest BCUT2D eigenvalue weighted by Crippen LogP contribution is 2.27. The van der Waals surface area contributed by atoms with Crippen LogP contribution in [-0.4, -0.2) is 22.9 Å². The maximum atomic E-state index is 9.68. The van der Waals surface area contributed by atoms with E-state index in [9.17, 15) is 5.11 Å². The van der Waals surface area contributed by atoms with E-state index >= 15 is 0 Å². The van der Waals surface area contributed by atoms with Crippen molar-refractivity contribution in [3.05, 3.63) is 12.2 Å². The molecule has 2 unspecified atom stereocenters. The lowest BCUT2D eigenvalue weighted by Gasteiger charge is -2.21. The van der Waals surface area contributed by atoms with Crippen molar-refractivity contribution in [1.29, 1.82) is 0 Å². The molecule has 2 atom stereocenters. The molecule has 0 aromatic rings. The highest BCUT2D eigenvalue weighted by Gasteiger charge is 2.23. The van der Waals surface area contributed by atoms with Gasteiger partial charge in [-0.25, -0.2) is 0 Å². The van der Waals surface area contributed by atoms with E-state index in [1.54, 1.807) is 0 Å². The molecule has 0 aromatic heterocycles. The zero-order valence-corrected chi connectivity index (χ0v) is 7.50. The quantitative estimate of drug-likeness (QED) is 0.487. The lowest BCUT2D eigenvalue weighted by Crippen LogP contribution is -2.21. The Bertz CT molecular complexity index is 154. The third-order valence-electron chi connectivity index (χ3n) is 2.71. The Morgan fingerprint density at radius 2 is 1.92 bits per heavy atom. The summed E-state index contributed by atoms with van der Waals surface area (Å²) in [5.74, 6) is 0.137. The average Bonchev–Trinajstić information content (AvgIpc) is 2.28. The van der Waals surface area contributed by atoms with Crippen molar-refractivity contribution in [3.63, 3.8) is 0 Å². The van der Waals surface area contributed by atoms with Gasteiger partial charge in [0.25, 0.3) is 0 Å². The summed E-state index contributed by atoms with van der Waals surface area (Å²) in [5.41, 5.74) is 0.796. The first-order valence-corrected chi connectivity index (χ1v) is 4.72. The molecule has 0 heterocycles. The minimum absolute atomic E-state index is 0.0156. The fraction of sp³-hybridized carbons (Fsp3) is 0.800. The van der Waals surface area contributed by atoms with Gasteiger partial charge < -0.3 is 10.2 Å². The van der Waals surface area contributed by atoms with Crippen LogP contribution in [0.1, 0.15) is 32.1 Å². The Kier molecular flexibility index (Phi) is 3.76. The molecule has 2 N–H and O–H groups in total. The molecule has 0 spiro atoms. The predicted molar refractivity (Wildman–Crippen MR) is 48.8 cm³/mol. The van der Waals surface area contributed by atoms with Crippen LogP contribution in [0.3, 0.4) is 0 Å². The number of aliphatic hydroxyl groups excluding tert-OH is 2. The molecule has 1 saturated carbocycles. The van der Waals surface area contributed by atoms with E-state index in [2.05, 4.69) is 6.58 Å². The van der Waals surface area contributed by atoms with Crippen molar-refractivity contribution in [2.75, 3.05) is 6.61 Å². The second kappa shape index (κ2) is 4.63. The van der Waals surface area contributed by atoms with Crippen LogP contribution in [0.25, 0.3) is 0 Å². The molecule has 0 amide bonds. The molecular weight excluding hydrogens is 152 g/mol. The topological polar surface area (TPSA) is 40.5 Å². The first-order chi connectivity index (χ1) is 5.75. The highest BCUT2D eigenvalue weighted by molar-refractivity contribution is 5.03. The van der Waals surface area contributed by atoms with Crippen LogP contribution in [0.15, 0.2) is 12.2 Å². The molecule has 0 aliphatic heterocycles. The van der Waals surface area contributed by atoms with Gasteiger partial charge in [-0.15, -0.1) is 0 Å². The fourth-order valence-corrected chi connectivity index (χ4v) is 1.88. The van der Waals surface area contributed by atoms with Crippen LogP contribution in [0, 0.1) is 5.92 Å². The molecule has 2 nitrogen and oxygen atoms in total. The maximum Gasteiger partial charge on any atom is 0.0642 e. The van der Waals surface area contributed by atoms with Gasteiger partial charge in [0.05, 0.1) is 12.7 Å². The monoisotopic (exact) mass is 170 g/mol. The van der Waals surface area contributed by atoms with Crippen LogP contribution >= 0.6 is 0 Å². The van der Waals surface area contributed by atoms with Gasteiger partial charge in [-0.3, -0.25) is 0 Å². The minimum atomic E-state index is -0.271. The summed E-state index contributed by atoms with van der Waals surface area (Å²) in [6.45, 7) is 3.79. The van der Waals surface area contributed by atoms with Gasteiger partial charge >= 0.3 is 0 Å². The molecule has 1 aliphatic carbocycles. The van der Waals surface area contributed by atoms with Gasteiger partial charge in [-0.1, -0.05) is 25.8 Å². The van der Waals surface area contributed by atoms with Crippen molar-refractivity contribution in [3.8, 4) is 0 Å². The Balaban J connectivity index is 2.52. The van der Waals surface area contributed by atoms with Crippen molar-refractivity contribution < 1.29 is 10.2 Å². The summed E-state index contributed by atoms with van der Waals surface area (Å²) < 4.78 is 0. The molecule has 0 aromatic carbocycles. The lowest BCUT2D eigenvalue weighted by atomic mass is 9.90. The highest BCUT2D eigenvalue weighted by atomic mass is 16.3. The van der Waals surface area contributed by atoms with Gasteiger partial charge in [-0.05, 0) is 18.4 Å². The van der Waals surface area contributed by atoms with Crippen LogP contribution in [0.2, 0.25) is 0 Å². The largest absolute Gasteiger partial charge is 0.393 e. The summed E-state index contributed by atoms with van der Waals surface area (Å²) in [6, 6.07) is 0. The Morgan fingerprint density at radius 3 is 2.58 bits per heavy atom. The Labute approximate surface area is 73.9 Å². The molecule has 0 saturated heterocycles. The number of rotatable bonds is 2. The van der Waals surface area contributed by atoms with Crippen molar-refractivity contribution in [2.45, 2.75) is 38.2 Å². The molecular formula is C10H18O2. The van der Waals surface area contributed by atoms with E-state index in [4.69, 9.17) is 5.11 Å². The summed E-state index contributed by atoms with van der Waals surface area (Å²) in [7, 11) is 0. The molecule has 0 radical (unpaired) electrons. The summed E-state index contributed by atoms with van der Waals surface area (Å²) in [6.07, 6.45) is 5.04. The minimum Gasteiger partial charge on any atom is -0.393 e. The first kappa shape index (κ1) is 9.75. The van der Waals surface area contributed by atoms with Crippen molar-refractivity contribution >= 4 is 0 Å².